The number of hydrogen-bond donors (Lipinski definition) is 1. The van der Waals surface area contributed by atoms with Gasteiger partial charge in [0.15, 0.2) is 0 Å². The molecule has 0 aliphatic heterocycles. The van der Waals surface area contributed by atoms with Crippen LogP contribution in [0.1, 0.15) is 38.7 Å². The van der Waals surface area contributed by atoms with Crippen molar-refractivity contribution in [2.24, 2.45) is 5.92 Å². The molecule has 0 spiro atoms. The van der Waals surface area contributed by atoms with Crippen LogP contribution in [-0.2, 0) is 6.42 Å². The Kier molecular flexibility index (Phi) is 4.65. The van der Waals surface area contributed by atoms with Crippen LogP contribution in [0.5, 0.6) is 5.75 Å². The third-order valence-corrected chi connectivity index (χ3v) is 4.06. The van der Waals surface area contributed by atoms with E-state index in [-0.39, 0.29) is 0 Å². The highest BCUT2D eigenvalue weighted by molar-refractivity contribution is 5.33. The van der Waals surface area contributed by atoms with Crippen molar-refractivity contribution in [1.29, 1.82) is 0 Å². The highest BCUT2D eigenvalue weighted by Gasteiger charge is 2.29. The number of likely N-dealkylation sites (N-methyl/N-ethyl adjacent to an activating group) is 1. The first-order valence-electron chi connectivity index (χ1n) is 7.16. The lowest BCUT2D eigenvalue weighted by molar-refractivity contribution is 0.0935. The second kappa shape index (κ2) is 6.24. The van der Waals surface area contributed by atoms with Gasteiger partial charge in [0, 0.05) is 6.04 Å². The Morgan fingerprint density at radius 3 is 2.78 bits per heavy atom. The van der Waals surface area contributed by atoms with E-state index in [1.54, 1.807) is 0 Å². The highest BCUT2D eigenvalue weighted by atomic mass is 16.5. The Bertz CT molecular complexity index is 377. The number of nitrogens with one attached hydrogen (secondary N) is 1. The Labute approximate surface area is 111 Å². The third-order valence-electron chi connectivity index (χ3n) is 4.06. The van der Waals surface area contributed by atoms with E-state index in [9.17, 15) is 0 Å². The number of benzene rings is 1. The molecule has 3 atom stereocenters. The van der Waals surface area contributed by atoms with Gasteiger partial charge < -0.3 is 10.1 Å². The van der Waals surface area contributed by atoms with Crippen LogP contribution in [0.4, 0.5) is 0 Å². The fraction of sp³-hybridized carbons (Fsp3) is 0.625. The molecule has 1 aliphatic rings. The summed E-state index contributed by atoms with van der Waals surface area (Å²) in [6, 6.07) is 8.91. The molecule has 0 saturated heterocycles. The Morgan fingerprint density at radius 1 is 1.28 bits per heavy atom. The molecular weight excluding hydrogens is 222 g/mol. The summed E-state index contributed by atoms with van der Waals surface area (Å²) < 4.78 is 6.29. The quantitative estimate of drug-likeness (QED) is 0.880. The molecule has 1 N–H and O–H groups in total. The minimum Gasteiger partial charge on any atom is -0.489 e. The fourth-order valence-corrected chi connectivity index (χ4v) is 2.86. The zero-order chi connectivity index (χ0) is 13.0. The zero-order valence-electron chi connectivity index (χ0n) is 11.8. The maximum atomic E-state index is 6.29. The molecule has 1 aliphatic carbocycles. The molecule has 1 aromatic rings. The molecule has 1 fully saturated rings. The molecule has 18 heavy (non-hydrogen) atoms. The van der Waals surface area contributed by atoms with Crippen molar-refractivity contribution in [2.45, 2.75) is 51.7 Å². The SMILES string of the molecule is CCc1ccccc1OC1CC(C)CCC1NC. The number of rotatable bonds is 4. The molecule has 1 saturated carbocycles. The van der Waals surface area contributed by atoms with Gasteiger partial charge in [-0.2, -0.15) is 0 Å². The first-order chi connectivity index (χ1) is 8.74. The van der Waals surface area contributed by atoms with Crippen LogP contribution in [0, 0.1) is 5.92 Å². The molecule has 2 nitrogen and oxygen atoms in total. The van der Waals surface area contributed by atoms with E-state index in [0.29, 0.717) is 12.1 Å². The van der Waals surface area contributed by atoms with Crippen LogP contribution < -0.4 is 10.1 Å². The monoisotopic (exact) mass is 247 g/mol. The predicted octanol–water partition coefficient (Wildman–Crippen LogP) is 3.40. The molecule has 2 heteroatoms. The summed E-state index contributed by atoms with van der Waals surface area (Å²) in [4.78, 5) is 0. The maximum Gasteiger partial charge on any atom is 0.122 e. The largest absolute Gasteiger partial charge is 0.489 e. The Balaban J connectivity index is 2.10. The van der Waals surface area contributed by atoms with Crippen molar-refractivity contribution in [3.8, 4) is 5.75 Å². The molecular formula is C16H25NO. The van der Waals surface area contributed by atoms with Gasteiger partial charge in [-0.1, -0.05) is 32.0 Å². The van der Waals surface area contributed by atoms with E-state index in [1.165, 1.54) is 18.4 Å². The van der Waals surface area contributed by atoms with Crippen molar-refractivity contribution >= 4 is 0 Å². The topological polar surface area (TPSA) is 21.3 Å². The number of para-hydroxylation sites is 1. The van der Waals surface area contributed by atoms with Crippen molar-refractivity contribution in [2.75, 3.05) is 7.05 Å². The normalized spacial score (nSPS) is 28.1. The molecule has 3 unspecified atom stereocenters. The molecule has 0 amide bonds. The van der Waals surface area contributed by atoms with E-state index < -0.39 is 0 Å². The number of ether oxygens (including phenoxy) is 1. The average Bonchev–Trinajstić information content (AvgIpc) is 2.40. The standard InChI is InChI=1S/C16H25NO/c1-4-13-7-5-6-8-15(13)18-16-11-12(2)9-10-14(16)17-3/h5-8,12,14,16-17H,4,9-11H2,1-3H3. The Morgan fingerprint density at radius 2 is 2.06 bits per heavy atom. The van der Waals surface area contributed by atoms with Gasteiger partial charge in [0.1, 0.15) is 11.9 Å². The van der Waals surface area contributed by atoms with E-state index in [2.05, 4.69) is 43.4 Å². The summed E-state index contributed by atoms with van der Waals surface area (Å²) in [5, 5.41) is 3.41. The van der Waals surface area contributed by atoms with Gasteiger partial charge in [-0.05, 0) is 50.3 Å². The lowest BCUT2D eigenvalue weighted by Crippen LogP contribution is -2.45. The second-order valence-electron chi connectivity index (χ2n) is 5.43. The van der Waals surface area contributed by atoms with Gasteiger partial charge in [-0.25, -0.2) is 0 Å². The molecule has 2 rings (SSSR count). The lowest BCUT2D eigenvalue weighted by Gasteiger charge is -2.35. The van der Waals surface area contributed by atoms with E-state index in [4.69, 9.17) is 4.74 Å². The van der Waals surface area contributed by atoms with Gasteiger partial charge in [-0.15, -0.1) is 0 Å². The molecule has 100 valence electrons. The summed E-state index contributed by atoms with van der Waals surface area (Å²) in [5.41, 5.74) is 1.31. The van der Waals surface area contributed by atoms with Crippen LogP contribution in [0.2, 0.25) is 0 Å². The summed E-state index contributed by atoms with van der Waals surface area (Å²) >= 11 is 0. The van der Waals surface area contributed by atoms with Gasteiger partial charge in [0.2, 0.25) is 0 Å². The average molecular weight is 247 g/mol. The molecule has 0 bridgehead atoms. The van der Waals surface area contributed by atoms with Gasteiger partial charge >= 0.3 is 0 Å². The third kappa shape index (κ3) is 3.05. The van der Waals surface area contributed by atoms with Crippen LogP contribution in [0.25, 0.3) is 0 Å². The predicted molar refractivity (Wildman–Crippen MR) is 76.1 cm³/mol. The summed E-state index contributed by atoms with van der Waals surface area (Å²) in [5.74, 6) is 1.84. The molecule has 0 radical (unpaired) electrons. The van der Waals surface area contributed by atoms with Crippen LogP contribution >= 0.6 is 0 Å². The summed E-state index contributed by atoms with van der Waals surface area (Å²) in [6.45, 7) is 4.51. The fourth-order valence-electron chi connectivity index (χ4n) is 2.86. The van der Waals surface area contributed by atoms with Crippen molar-refractivity contribution in [3.63, 3.8) is 0 Å². The van der Waals surface area contributed by atoms with Crippen LogP contribution in [0.3, 0.4) is 0 Å². The van der Waals surface area contributed by atoms with Gasteiger partial charge in [0.05, 0.1) is 0 Å². The highest BCUT2D eigenvalue weighted by Crippen LogP contribution is 2.29. The minimum atomic E-state index is 0.312. The van der Waals surface area contributed by atoms with Crippen LogP contribution in [0.15, 0.2) is 24.3 Å². The van der Waals surface area contributed by atoms with Crippen molar-refractivity contribution in [1.82, 2.24) is 5.32 Å². The van der Waals surface area contributed by atoms with Crippen LogP contribution in [-0.4, -0.2) is 19.2 Å². The van der Waals surface area contributed by atoms with Gasteiger partial charge in [0.25, 0.3) is 0 Å². The minimum absolute atomic E-state index is 0.312. The van der Waals surface area contributed by atoms with Gasteiger partial charge in [-0.3, -0.25) is 0 Å². The second-order valence-corrected chi connectivity index (χ2v) is 5.43. The van der Waals surface area contributed by atoms with Crippen molar-refractivity contribution < 1.29 is 4.74 Å². The summed E-state index contributed by atoms with van der Waals surface area (Å²) in [7, 11) is 2.04. The van der Waals surface area contributed by atoms with E-state index in [0.717, 1.165) is 24.5 Å². The smallest absolute Gasteiger partial charge is 0.122 e. The lowest BCUT2D eigenvalue weighted by atomic mass is 9.85. The maximum absolute atomic E-state index is 6.29. The zero-order valence-corrected chi connectivity index (χ0v) is 11.8. The van der Waals surface area contributed by atoms with E-state index >= 15 is 0 Å². The Hall–Kier alpha value is -1.02. The number of hydrogen-bond acceptors (Lipinski definition) is 2. The molecule has 1 aromatic carbocycles. The molecule has 0 aromatic heterocycles. The van der Waals surface area contributed by atoms with Crippen molar-refractivity contribution in [3.05, 3.63) is 29.8 Å². The molecule has 0 heterocycles. The first kappa shape index (κ1) is 13.4. The first-order valence-corrected chi connectivity index (χ1v) is 7.16. The number of aryl methyl sites for hydroxylation is 1. The summed E-state index contributed by atoms with van der Waals surface area (Å²) in [6.07, 6.45) is 5.02. The van der Waals surface area contributed by atoms with E-state index in [1.807, 2.05) is 7.05 Å².